The van der Waals surface area contributed by atoms with Gasteiger partial charge in [0.15, 0.2) is 11.5 Å². The summed E-state index contributed by atoms with van der Waals surface area (Å²) in [5, 5.41) is 7.37. The Balaban J connectivity index is 1.57. The van der Waals surface area contributed by atoms with Crippen molar-refractivity contribution in [2.45, 2.75) is 19.4 Å². The number of nitrogens with zero attached hydrogens (tertiary/aromatic N) is 3. The second kappa shape index (κ2) is 10.6. The van der Waals surface area contributed by atoms with Gasteiger partial charge in [-0.25, -0.2) is 4.79 Å². The molecule has 188 valence electrons. The molecule has 8 heteroatoms. The number of hydrogen-bond donors (Lipinski definition) is 1. The summed E-state index contributed by atoms with van der Waals surface area (Å²) in [5.74, 6) is 1.99. The highest BCUT2D eigenvalue weighted by atomic mass is 16.5. The lowest BCUT2D eigenvalue weighted by atomic mass is 9.94. The maximum atomic E-state index is 13.3. The van der Waals surface area contributed by atoms with Crippen molar-refractivity contribution in [2.24, 2.45) is 0 Å². The summed E-state index contributed by atoms with van der Waals surface area (Å²) in [4.78, 5) is 19.8. The standard InChI is InChI=1S/C29H28N4O4/c1-19-25(28-31-27(32-37-28)21-12-8-5-9-13-21)26(22-14-15-23(35-2)24(18-22)36-3)30-29(34)33(19)17-16-20-10-6-4-7-11-20/h4-15,18,26H,16-17H2,1-3H3,(H,30,34). The van der Waals surface area contributed by atoms with Gasteiger partial charge in [-0.3, -0.25) is 4.90 Å². The summed E-state index contributed by atoms with van der Waals surface area (Å²) in [7, 11) is 3.17. The van der Waals surface area contributed by atoms with E-state index in [0.29, 0.717) is 36.2 Å². The molecule has 1 N–H and O–H groups in total. The third-order valence-corrected chi connectivity index (χ3v) is 6.49. The van der Waals surface area contributed by atoms with Crippen LogP contribution in [0.3, 0.4) is 0 Å². The summed E-state index contributed by atoms with van der Waals surface area (Å²) >= 11 is 0. The number of amides is 2. The Bertz CT molecular complexity index is 1420. The highest BCUT2D eigenvalue weighted by Crippen LogP contribution is 2.40. The fourth-order valence-electron chi connectivity index (χ4n) is 4.53. The van der Waals surface area contributed by atoms with Crippen LogP contribution in [-0.2, 0) is 6.42 Å². The van der Waals surface area contributed by atoms with Crippen molar-refractivity contribution in [3.8, 4) is 22.9 Å². The minimum Gasteiger partial charge on any atom is -0.493 e. The Kier molecular flexibility index (Phi) is 6.89. The van der Waals surface area contributed by atoms with E-state index < -0.39 is 6.04 Å². The molecule has 37 heavy (non-hydrogen) atoms. The Morgan fingerprint density at radius 2 is 1.65 bits per heavy atom. The van der Waals surface area contributed by atoms with Crippen molar-refractivity contribution in [2.75, 3.05) is 20.8 Å². The first-order valence-electron chi connectivity index (χ1n) is 12.0. The van der Waals surface area contributed by atoms with E-state index in [1.807, 2.05) is 73.7 Å². The SMILES string of the molecule is COc1ccc(C2NC(=O)N(CCc3ccccc3)C(C)=C2c2nc(-c3ccccc3)no2)cc1OC. The average Bonchev–Trinajstić information content (AvgIpc) is 3.43. The maximum Gasteiger partial charge on any atom is 0.322 e. The number of aromatic nitrogens is 2. The Labute approximate surface area is 215 Å². The molecular weight excluding hydrogens is 468 g/mol. The second-order valence-electron chi connectivity index (χ2n) is 8.67. The Morgan fingerprint density at radius 1 is 0.946 bits per heavy atom. The van der Waals surface area contributed by atoms with Gasteiger partial charge in [0.2, 0.25) is 5.82 Å². The molecule has 1 unspecified atom stereocenters. The van der Waals surface area contributed by atoms with Crippen LogP contribution in [-0.4, -0.2) is 41.8 Å². The normalized spacial score (nSPS) is 15.5. The summed E-state index contributed by atoms with van der Waals surface area (Å²) in [5.41, 5.74) is 4.29. The van der Waals surface area contributed by atoms with E-state index in [4.69, 9.17) is 19.0 Å². The largest absolute Gasteiger partial charge is 0.493 e. The fraction of sp³-hybridized carbons (Fsp3) is 0.207. The van der Waals surface area contributed by atoms with Gasteiger partial charge in [-0.05, 0) is 36.6 Å². The predicted octanol–water partition coefficient (Wildman–Crippen LogP) is 5.49. The van der Waals surface area contributed by atoms with Crippen LogP contribution in [0.5, 0.6) is 11.5 Å². The van der Waals surface area contributed by atoms with E-state index in [0.717, 1.165) is 28.0 Å². The first-order chi connectivity index (χ1) is 18.1. The molecule has 0 saturated heterocycles. The summed E-state index contributed by atoms with van der Waals surface area (Å²) < 4.78 is 16.7. The number of hydrogen-bond acceptors (Lipinski definition) is 6. The lowest BCUT2D eigenvalue weighted by Crippen LogP contribution is -2.46. The number of carbonyl (C=O) groups excluding carboxylic acids is 1. The van der Waals surface area contributed by atoms with E-state index >= 15 is 0 Å². The zero-order chi connectivity index (χ0) is 25.8. The van der Waals surface area contributed by atoms with Gasteiger partial charge in [-0.15, -0.1) is 0 Å². The second-order valence-corrected chi connectivity index (χ2v) is 8.67. The number of benzene rings is 3. The molecule has 8 nitrogen and oxygen atoms in total. The van der Waals surface area contributed by atoms with Crippen LogP contribution in [0.4, 0.5) is 4.79 Å². The molecule has 0 aliphatic carbocycles. The molecule has 0 fully saturated rings. The molecule has 0 radical (unpaired) electrons. The van der Waals surface area contributed by atoms with Crippen LogP contribution in [0, 0.1) is 0 Å². The van der Waals surface area contributed by atoms with Crippen molar-refractivity contribution in [1.29, 1.82) is 0 Å². The predicted molar refractivity (Wildman–Crippen MR) is 140 cm³/mol. The van der Waals surface area contributed by atoms with E-state index in [1.54, 1.807) is 19.1 Å². The number of ether oxygens (including phenoxy) is 2. The average molecular weight is 497 g/mol. The molecule has 1 atom stereocenters. The first-order valence-corrected chi connectivity index (χ1v) is 12.0. The lowest BCUT2D eigenvalue weighted by molar-refractivity contribution is 0.205. The number of rotatable bonds is 8. The summed E-state index contributed by atoms with van der Waals surface area (Å²) in [6, 6.07) is 24.6. The molecule has 4 aromatic rings. The van der Waals surface area contributed by atoms with E-state index in [-0.39, 0.29) is 6.03 Å². The van der Waals surface area contributed by atoms with Gasteiger partial charge >= 0.3 is 6.03 Å². The third kappa shape index (κ3) is 4.91. The highest BCUT2D eigenvalue weighted by molar-refractivity contribution is 5.87. The van der Waals surface area contributed by atoms with Gasteiger partial charge in [0, 0.05) is 17.8 Å². The van der Waals surface area contributed by atoms with Crippen molar-refractivity contribution >= 4 is 11.6 Å². The summed E-state index contributed by atoms with van der Waals surface area (Å²) in [6.45, 7) is 2.42. The van der Waals surface area contributed by atoms with Crippen LogP contribution in [0.15, 0.2) is 89.1 Å². The monoisotopic (exact) mass is 496 g/mol. The fourth-order valence-corrected chi connectivity index (χ4v) is 4.53. The van der Waals surface area contributed by atoms with Crippen LogP contribution >= 0.6 is 0 Å². The molecule has 3 aromatic carbocycles. The molecule has 2 amide bonds. The highest BCUT2D eigenvalue weighted by Gasteiger charge is 2.36. The zero-order valence-corrected chi connectivity index (χ0v) is 21.0. The van der Waals surface area contributed by atoms with Crippen LogP contribution in [0.2, 0.25) is 0 Å². The molecule has 1 aromatic heterocycles. The first kappa shape index (κ1) is 24.1. The van der Waals surface area contributed by atoms with Crippen molar-refractivity contribution < 1.29 is 18.8 Å². The Morgan fingerprint density at radius 3 is 2.35 bits per heavy atom. The van der Waals surface area contributed by atoms with Crippen molar-refractivity contribution in [3.05, 3.63) is 102 Å². The number of nitrogens with one attached hydrogen (secondary N) is 1. The number of carbonyl (C=O) groups is 1. The molecule has 0 spiro atoms. The number of methoxy groups -OCH3 is 2. The van der Waals surface area contributed by atoms with Gasteiger partial charge in [-0.2, -0.15) is 4.98 Å². The van der Waals surface area contributed by atoms with E-state index in [9.17, 15) is 4.79 Å². The molecular formula is C29H28N4O4. The quantitative estimate of drug-likeness (QED) is 0.347. The molecule has 0 bridgehead atoms. The van der Waals surface area contributed by atoms with Gasteiger partial charge in [0.1, 0.15) is 0 Å². The molecule has 5 rings (SSSR count). The topological polar surface area (TPSA) is 89.7 Å². The Hall–Kier alpha value is -4.59. The van der Waals surface area contributed by atoms with E-state index in [1.165, 1.54) is 0 Å². The number of allylic oxidation sites excluding steroid dienone is 1. The van der Waals surface area contributed by atoms with Crippen LogP contribution in [0.25, 0.3) is 17.0 Å². The zero-order valence-electron chi connectivity index (χ0n) is 21.0. The van der Waals surface area contributed by atoms with Gasteiger partial charge < -0.3 is 19.3 Å². The van der Waals surface area contributed by atoms with Crippen LogP contribution < -0.4 is 14.8 Å². The minimum atomic E-state index is -0.524. The van der Waals surface area contributed by atoms with Crippen molar-refractivity contribution in [3.63, 3.8) is 0 Å². The van der Waals surface area contributed by atoms with Gasteiger partial charge in [-0.1, -0.05) is 71.9 Å². The summed E-state index contributed by atoms with van der Waals surface area (Å²) in [6.07, 6.45) is 0.707. The molecule has 1 aliphatic rings. The minimum absolute atomic E-state index is 0.195. The molecule has 1 aliphatic heterocycles. The van der Waals surface area contributed by atoms with Gasteiger partial charge in [0.25, 0.3) is 5.89 Å². The molecule has 2 heterocycles. The lowest BCUT2D eigenvalue weighted by Gasteiger charge is -2.35. The van der Waals surface area contributed by atoms with Gasteiger partial charge in [0.05, 0.1) is 25.8 Å². The smallest absolute Gasteiger partial charge is 0.322 e. The van der Waals surface area contributed by atoms with Crippen molar-refractivity contribution in [1.82, 2.24) is 20.4 Å². The maximum absolute atomic E-state index is 13.3. The van der Waals surface area contributed by atoms with E-state index in [2.05, 4.69) is 22.6 Å². The third-order valence-electron chi connectivity index (χ3n) is 6.49. The molecule has 0 saturated carbocycles. The van der Waals surface area contributed by atoms with Crippen LogP contribution in [0.1, 0.15) is 30.0 Å². The number of urea groups is 1.